The molecule has 0 saturated carbocycles. The van der Waals surface area contributed by atoms with Gasteiger partial charge in [-0.2, -0.15) is 0 Å². The van der Waals surface area contributed by atoms with Gasteiger partial charge in [0.2, 0.25) is 0 Å². The van der Waals surface area contributed by atoms with Gasteiger partial charge in [0.05, 0.1) is 0 Å². The summed E-state index contributed by atoms with van der Waals surface area (Å²) in [7, 11) is 0. The third kappa shape index (κ3) is 5.88. The molecule has 0 aliphatic rings. The van der Waals surface area contributed by atoms with Gasteiger partial charge in [-0.05, 0) is 36.4 Å². The van der Waals surface area contributed by atoms with Crippen molar-refractivity contribution >= 4 is 24.7 Å². The molecule has 4 nitrogen and oxygen atoms in total. The summed E-state index contributed by atoms with van der Waals surface area (Å²) in [4.78, 5) is 19.8. The molecule has 0 saturated heterocycles. The maximum atomic E-state index is 9.92. The minimum Gasteiger partial charge on any atom is -0.507 e. The van der Waals surface area contributed by atoms with Gasteiger partial charge in [0.1, 0.15) is 24.1 Å². The topological polar surface area (TPSA) is 74.6 Å². The molecule has 4 heteroatoms. The van der Waals surface area contributed by atoms with Gasteiger partial charge < -0.3 is 10.2 Å². The second kappa shape index (κ2) is 9.72. The monoisotopic (exact) mass is 296 g/mol. The molecule has 0 atom stereocenters. The van der Waals surface area contributed by atoms with Gasteiger partial charge in [-0.25, -0.2) is 0 Å². The first kappa shape index (κ1) is 16.9. The summed E-state index contributed by atoms with van der Waals surface area (Å²) in [5, 5.41) is 18.3. The normalized spacial score (nSPS) is 10.2. The van der Waals surface area contributed by atoms with Crippen molar-refractivity contribution in [3.8, 4) is 11.5 Å². The maximum Gasteiger partial charge on any atom is 0.142 e. The summed E-state index contributed by atoms with van der Waals surface area (Å²) in [6.07, 6.45) is 7.15. The maximum absolute atomic E-state index is 9.92. The zero-order chi connectivity index (χ0) is 16.2. The third-order valence-corrected chi connectivity index (χ3v) is 2.58. The Morgan fingerprint density at radius 2 is 1.00 bits per heavy atom. The third-order valence-electron chi connectivity index (χ3n) is 2.58. The van der Waals surface area contributed by atoms with Crippen LogP contribution in [-0.4, -0.2) is 22.8 Å². The number of hydrogen-bond donors (Lipinski definition) is 2. The van der Waals surface area contributed by atoms with Crippen molar-refractivity contribution in [3.63, 3.8) is 0 Å². The number of hydrogen-bond acceptors (Lipinski definition) is 4. The lowest BCUT2D eigenvalue weighted by Gasteiger charge is -1.94. The first-order valence-corrected chi connectivity index (χ1v) is 6.48. The van der Waals surface area contributed by atoms with Crippen molar-refractivity contribution in [2.75, 3.05) is 0 Å². The Morgan fingerprint density at radius 1 is 0.636 bits per heavy atom. The summed E-state index contributed by atoms with van der Waals surface area (Å²) >= 11 is 0. The Kier molecular flexibility index (Phi) is 7.47. The molecule has 22 heavy (non-hydrogen) atoms. The number of para-hydroxylation sites is 2. The summed E-state index contributed by atoms with van der Waals surface area (Å²) in [6, 6.07) is 13.7. The molecular formula is C18H16O4. The van der Waals surface area contributed by atoms with E-state index in [2.05, 4.69) is 0 Å². The Hall–Kier alpha value is -3.14. The molecule has 0 amide bonds. The second-order valence-corrected chi connectivity index (χ2v) is 4.11. The van der Waals surface area contributed by atoms with Crippen molar-refractivity contribution in [2.45, 2.75) is 0 Å². The van der Waals surface area contributed by atoms with Crippen LogP contribution in [0.25, 0.3) is 12.2 Å². The van der Waals surface area contributed by atoms with Crippen LogP contribution in [0.2, 0.25) is 0 Å². The lowest BCUT2D eigenvalue weighted by atomic mass is 10.2. The van der Waals surface area contributed by atoms with E-state index in [-0.39, 0.29) is 11.5 Å². The zero-order valence-corrected chi connectivity index (χ0v) is 11.8. The highest BCUT2D eigenvalue weighted by molar-refractivity contribution is 5.75. The van der Waals surface area contributed by atoms with Crippen molar-refractivity contribution in [1.29, 1.82) is 0 Å². The van der Waals surface area contributed by atoms with E-state index in [0.717, 1.165) is 0 Å². The standard InChI is InChI=1S/2C9H8O2/c2*10-7-3-5-8-4-1-2-6-9(8)11/h2*1-7,11H/b2*5-3+. The summed E-state index contributed by atoms with van der Waals surface area (Å²) < 4.78 is 0. The number of carbonyl (C=O) groups is 2. The summed E-state index contributed by atoms with van der Waals surface area (Å²) in [5.41, 5.74) is 1.30. The van der Waals surface area contributed by atoms with E-state index < -0.39 is 0 Å². The number of aromatic hydroxyl groups is 2. The van der Waals surface area contributed by atoms with Gasteiger partial charge in [0.25, 0.3) is 0 Å². The van der Waals surface area contributed by atoms with Gasteiger partial charge in [0.15, 0.2) is 0 Å². The molecule has 0 fully saturated rings. The van der Waals surface area contributed by atoms with E-state index >= 15 is 0 Å². The van der Waals surface area contributed by atoms with Crippen LogP contribution >= 0.6 is 0 Å². The Morgan fingerprint density at radius 3 is 1.32 bits per heavy atom. The SMILES string of the molecule is O=C/C=C/c1ccccc1O.O=C/C=C/c1ccccc1O. The molecule has 0 bridgehead atoms. The van der Waals surface area contributed by atoms with Crippen molar-refractivity contribution in [3.05, 3.63) is 71.8 Å². The lowest BCUT2D eigenvalue weighted by molar-refractivity contribution is -0.104. The highest BCUT2D eigenvalue weighted by Gasteiger charge is 1.92. The van der Waals surface area contributed by atoms with Gasteiger partial charge in [-0.15, -0.1) is 0 Å². The van der Waals surface area contributed by atoms with Gasteiger partial charge >= 0.3 is 0 Å². The van der Waals surface area contributed by atoms with E-state index in [9.17, 15) is 9.59 Å². The summed E-state index contributed by atoms with van der Waals surface area (Å²) in [5.74, 6) is 0.371. The van der Waals surface area contributed by atoms with Crippen LogP contribution in [0.3, 0.4) is 0 Å². The highest BCUT2D eigenvalue weighted by atomic mass is 16.3. The zero-order valence-electron chi connectivity index (χ0n) is 11.8. The molecule has 0 radical (unpaired) electrons. The molecule has 2 aromatic rings. The van der Waals surface area contributed by atoms with Crippen LogP contribution in [0.5, 0.6) is 11.5 Å². The van der Waals surface area contributed by atoms with Crippen LogP contribution in [0.4, 0.5) is 0 Å². The Bertz CT molecular complexity index is 613. The number of rotatable bonds is 4. The fourth-order valence-electron chi connectivity index (χ4n) is 1.54. The van der Waals surface area contributed by atoms with Gasteiger partial charge in [0, 0.05) is 11.1 Å². The number of carbonyl (C=O) groups excluding carboxylic acids is 2. The highest BCUT2D eigenvalue weighted by Crippen LogP contribution is 2.17. The van der Waals surface area contributed by atoms with Crippen LogP contribution in [0.15, 0.2) is 60.7 Å². The number of aldehydes is 2. The molecule has 2 aromatic carbocycles. The molecule has 0 heterocycles. The van der Waals surface area contributed by atoms with Crippen LogP contribution in [-0.2, 0) is 9.59 Å². The minimum absolute atomic E-state index is 0.186. The number of phenols is 2. The van der Waals surface area contributed by atoms with E-state index in [4.69, 9.17) is 10.2 Å². The molecule has 0 aromatic heterocycles. The summed E-state index contributed by atoms with van der Waals surface area (Å²) in [6.45, 7) is 0. The first-order valence-electron chi connectivity index (χ1n) is 6.48. The number of benzene rings is 2. The van der Waals surface area contributed by atoms with E-state index in [1.165, 1.54) is 12.2 Å². The molecule has 2 rings (SSSR count). The van der Waals surface area contributed by atoms with Crippen LogP contribution in [0, 0.1) is 0 Å². The molecule has 2 N–H and O–H groups in total. The van der Waals surface area contributed by atoms with E-state index in [0.29, 0.717) is 23.7 Å². The van der Waals surface area contributed by atoms with E-state index in [1.807, 2.05) is 0 Å². The molecule has 112 valence electrons. The largest absolute Gasteiger partial charge is 0.507 e. The van der Waals surface area contributed by atoms with Crippen LogP contribution in [0.1, 0.15) is 11.1 Å². The predicted octanol–water partition coefficient (Wildman–Crippen LogP) is 3.21. The van der Waals surface area contributed by atoms with Crippen molar-refractivity contribution in [2.24, 2.45) is 0 Å². The molecule has 0 aliphatic heterocycles. The van der Waals surface area contributed by atoms with E-state index in [1.54, 1.807) is 60.7 Å². The van der Waals surface area contributed by atoms with Crippen LogP contribution < -0.4 is 0 Å². The lowest BCUT2D eigenvalue weighted by Crippen LogP contribution is -1.72. The minimum atomic E-state index is 0.186. The predicted molar refractivity (Wildman–Crippen MR) is 86.4 cm³/mol. The van der Waals surface area contributed by atoms with Crippen molar-refractivity contribution in [1.82, 2.24) is 0 Å². The number of allylic oxidation sites excluding steroid dienone is 2. The fraction of sp³-hybridized carbons (Fsp3) is 0. The average Bonchev–Trinajstić information content (AvgIpc) is 2.54. The second-order valence-electron chi connectivity index (χ2n) is 4.11. The van der Waals surface area contributed by atoms with Crippen molar-refractivity contribution < 1.29 is 19.8 Å². The molecule has 0 spiro atoms. The molecule has 0 unspecified atom stereocenters. The quantitative estimate of drug-likeness (QED) is 0.671. The Balaban J connectivity index is 0.000000220. The Labute approximate surface area is 128 Å². The smallest absolute Gasteiger partial charge is 0.142 e. The van der Waals surface area contributed by atoms with Gasteiger partial charge in [-0.1, -0.05) is 36.4 Å². The van der Waals surface area contributed by atoms with Gasteiger partial charge in [-0.3, -0.25) is 9.59 Å². The average molecular weight is 296 g/mol. The number of phenolic OH excluding ortho intramolecular Hbond substituents is 2. The first-order chi connectivity index (χ1) is 10.7. The fourth-order valence-corrected chi connectivity index (χ4v) is 1.54. The molecule has 0 aliphatic carbocycles. The molecular weight excluding hydrogens is 280 g/mol.